The van der Waals surface area contributed by atoms with E-state index < -0.39 is 6.16 Å². The third-order valence-electron chi connectivity index (χ3n) is 1.57. The highest BCUT2D eigenvalue weighted by Gasteiger charge is 2.09. The molecule has 0 atom stereocenters. The Morgan fingerprint density at radius 2 is 1.86 bits per heavy atom. The molecular weight excluding hydrogens is 184 g/mol. The van der Waals surface area contributed by atoms with Gasteiger partial charge in [0.15, 0.2) is 12.4 Å². The van der Waals surface area contributed by atoms with Gasteiger partial charge in [-0.15, -0.1) is 6.42 Å². The van der Waals surface area contributed by atoms with E-state index in [2.05, 4.69) is 15.4 Å². The molecule has 0 N–H and O–H groups in total. The Balaban J connectivity index is 4.26. The molecule has 0 aliphatic rings. The van der Waals surface area contributed by atoms with Crippen molar-refractivity contribution in [3.63, 3.8) is 0 Å². The van der Waals surface area contributed by atoms with E-state index >= 15 is 0 Å². The molecule has 0 saturated carbocycles. The molecule has 0 aliphatic carbocycles. The highest BCUT2D eigenvalue weighted by Crippen LogP contribution is 2.06. The molecule has 4 nitrogen and oxygen atoms in total. The normalized spacial score (nSPS) is 11.0. The van der Waals surface area contributed by atoms with Gasteiger partial charge in [0.25, 0.3) is 0 Å². The van der Waals surface area contributed by atoms with Crippen LogP contribution in [0, 0.1) is 12.3 Å². The first-order chi connectivity index (χ1) is 6.49. The summed E-state index contributed by atoms with van der Waals surface area (Å²) in [5, 5.41) is 0. The zero-order valence-corrected chi connectivity index (χ0v) is 8.42. The van der Waals surface area contributed by atoms with Crippen molar-refractivity contribution in [3.05, 3.63) is 11.3 Å². The Bertz CT molecular complexity index is 307. The van der Waals surface area contributed by atoms with Gasteiger partial charge in [0.05, 0.1) is 0 Å². The smallest absolute Gasteiger partial charge is 0.421 e. The summed E-state index contributed by atoms with van der Waals surface area (Å²) in [6.07, 6.45) is 3.96. The summed E-state index contributed by atoms with van der Waals surface area (Å²) in [5.41, 5.74) is 0.377. The fraction of sp³-hybridized carbons (Fsp3) is 0.400. The summed E-state index contributed by atoms with van der Waals surface area (Å²) in [5.74, 6) is 2.18. The minimum atomic E-state index is -0.902. The molecule has 0 aromatic carbocycles. The predicted molar refractivity (Wildman–Crippen MR) is 50.3 cm³/mol. The van der Waals surface area contributed by atoms with Crippen LogP contribution in [0.1, 0.15) is 20.8 Å². The van der Waals surface area contributed by atoms with E-state index in [1.807, 2.05) is 0 Å². The number of Topliss-reactive ketones (excluding diaryl/α,β-unsaturated/α-hetero) is 1. The van der Waals surface area contributed by atoms with E-state index in [0.717, 1.165) is 0 Å². The van der Waals surface area contributed by atoms with E-state index in [1.54, 1.807) is 6.92 Å². The zero-order valence-electron chi connectivity index (χ0n) is 8.42. The lowest BCUT2D eigenvalue weighted by Crippen LogP contribution is -2.08. The summed E-state index contributed by atoms with van der Waals surface area (Å²) in [6, 6.07) is 0. The Kier molecular flexibility index (Phi) is 5.08. The van der Waals surface area contributed by atoms with Crippen molar-refractivity contribution in [2.24, 2.45) is 0 Å². The van der Waals surface area contributed by atoms with Gasteiger partial charge in [-0.2, -0.15) is 0 Å². The van der Waals surface area contributed by atoms with Gasteiger partial charge in [-0.05, 0) is 20.8 Å². The molecular formula is C10H12O4. The molecule has 76 valence electrons. The molecule has 0 bridgehead atoms. The van der Waals surface area contributed by atoms with E-state index in [1.165, 1.54) is 13.8 Å². The number of carbonyl (C=O) groups is 2. The van der Waals surface area contributed by atoms with Gasteiger partial charge in [0.2, 0.25) is 0 Å². The maximum Gasteiger partial charge on any atom is 0.514 e. The summed E-state index contributed by atoms with van der Waals surface area (Å²) in [4.78, 5) is 21.7. The number of rotatable bonds is 3. The van der Waals surface area contributed by atoms with Gasteiger partial charge >= 0.3 is 6.16 Å². The Hall–Kier alpha value is -1.76. The lowest BCUT2D eigenvalue weighted by atomic mass is 10.2. The lowest BCUT2D eigenvalue weighted by molar-refractivity contribution is -0.113. The van der Waals surface area contributed by atoms with E-state index in [4.69, 9.17) is 6.42 Å². The SMILES string of the molecule is C#CCOC(=O)O/C(C)=C(\C)C(C)=O. The molecule has 0 unspecified atom stereocenters. The van der Waals surface area contributed by atoms with Crippen LogP contribution in [0.4, 0.5) is 4.79 Å². The second-order valence-electron chi connectivity index (χ2n) is 2.58. The Labute approximate surface area is 82.9 Å². The van der Waals surface area contributed by atoms with Crippen molar-refractivity contribution in [1.82, 2.24) is 0 Å². The average Bonchev–Trinajstić information content (AvgIpc) is 2.13. The molecule has 4 heteroatoms. The minimum absolute atomic E-state index is 0.148. The third-order valence-corrected chi connectivity index (χ3v) is 1.57. The third kappa shape index (κ3) is 4.31. The maximum absolute atomic E-state index is 10.9. The lowest BCUT2D eigenvalue weighted by Gasteiger charge is -2.05. The number of allylic oxidation sites excluding steroid dienone is 2. The maximum atomic E-state index is 10.9. The number of carbonyl (C=O) groups excluding carboxylic acids is 2. The molecule has 0 heterocycles. The molecule has 0 amide bonds. The quantitative estimate of drug-likeness (QED) is 0.298. The number of terminal acetylenes is 1. The molecule has 0 aromatic rings. The van der Waals surface area contributed by atoms with Gasteiger partial charge in [-0.1, -0.05) is 5.92 Å². The van der Waals surface area contributed by atoms with Gasteiger partial charge in [-0.3, -0.25) is 4.79 Å². The molecule has 0 spiro atoms. The fourth-order valence-electron chi connectivity index (χ4n) is 0.579. The Morgan fingerprint density at radius 3 is 2.29 bits per heavy atom. The van der Waals surface area contributed by atoms with E-state index in [0.29, 0.717) is 5.57 Å². The van der Waals surface area contributed by atoms with Gasteiger partial charge in [-0.25, -0.2) is 4.79 Å². The highest BCUT2D eigenvalue weighted by molar-refractivity contribution is 5.93. The number of hydrogen-bond acceptors (Lipinski definition) is 4. The van der Waals surface area contributed by atoms with Gasteiger partial charge in [0, 0.05) is 5.57 Å². The second-order valence-corrected chi connectivity index (χ2v) is 2.58. The second kappa shape index (κ2) is 5.81. The monoisotopic (exact) mass is 196 g/mol. The molecule has 0 rings (SSSR count). The van der Waals surface area contributed by atoms with Crippen LogP contribution in [0.5, 0.6) is 0 Å². The van der Waals surface area contributed by atoms with E-state index in [9.17, 15) is 9.59 Å². The zero-order chi connectivity index (χ0) is 11.1. The predicted octanol–water partition coefficient (Wildman–Crippen LogP) is 1.66. The molecule has 0 radical (unpaired) electrons. The van der Waals surface area contributed by atoms with Crippen LogP contribution in [-0.4, -0.2) is 18.5 Å². The van der Waals surface area contributed by atoms with Crippen LogP contribution < -0.4 is 0 Å². The first-order valence-corrected chi connectivity index (χ1v) is 3.95. The minimum Gasteiger partial charge on any atom is -0.421 e. The van der Waals surface area contributed by atoms with Gasteiger partial charge < -0.3 is 9.47 Å². The fourth-order valence-corrected chi connectivity index (χ4v) is 0.579. The van der Waals surface area contributed by atoms with Crippen molar-refractivity contribution >= 4 is 11.9 Å². The van der Waals surface area contributed by atoms with Crippen LogP contribution in [0.15, 0.2) is 11.3 Å². The van der Waals surface area contributed by atoms with Crippen LogP contribution in [0.25, 0.3) is 0 Å². The van der Waals surface area contributed by atoms with Crippen molar-refractivity contribution in [1.29, 1.82) is 0 Å². The van der Waals surface area contributed by atoms with Crippen LogP contribution >= 0.6 is 0 Å². The van der Waals surface area contributed by atoms with Crippen LogP contribution in [-0.2, 0) is 14.3 Å². The topological polar surface area (TPSA) is 52.6 Å². The summed E-state index contributed by atoms with van der Waals surface area (Å²) < 4.78 is 9.13. The van der Waals surface area contributed by atoms with Crippen molar-refractivity contribution < 1.29 is 19.1 Å². The summed E-state index contributed by atoms with van der Waals surface area (Å²) >= 11 is 0. The van der Waals surface area contributed by atoms with Crippen molar-refractivity contribution in [2.75, 3.05) is 6.61 Å². The standard InChI is InChI=1S/C10H12O4/c1-5-6-13-10(12)14-9(4)7(2)8(3)11/h1H,6H2,2-4H3/b9-7+. The van der Waals surface area contributed by atoms with Crippen molar-refractivity contribution in [2.45, 2.75) is 20.8 Å². The molecule has 0 aromatic heterocycles. The summed E-state index contributed by atoms with van der Waals surface area (Å²) in [7, 11) is 0. The van der Waals surface area contributed by atoms with Crippen LogP contribution in [0.2, 0.25) is 0 Å². The molecule has 0 fully saturated rings. The van der Waals surface area contributed by atoms with Crippen molar-refractivity contribution in [3.8, 4) is 12.3 Å². The Morgan fingerprint density at radius 1 is 1.29 bits per heavy atom. The molecule has 14 heavy (non-hydrogen) atoms. The first kappa shape index (κ1) is 12.2. The molecule has 0 aliphatic heterocycles. The van der Waals surface area contributed by atoms with E-state index in [-0.39, 0.29) is 18.1 Å². The average molecular weight is 196 g/mol. The number of ether oxygens (including phenoxy) is 2. The van der Waals surface area contributed by atoms with Crippen LogP contribution in [0.3, 0.4) is 0 Å². The highest BCUT2D eigenvalue weighted by atomic mass is 16.7. The molecule has 0 saturated heterocycles. The first-order valence-electron chi connectivity index (χ1n) is 3.95. The largest absolute Gasteiger partial charge is 0.514 e. The summed E-state index contributed by atoms with van der Waals surface area (Å²) in [6.45, 7) is 4.31. The number of hydrogen-bond donors (Lipinski definition) is 0. The number of ketones is 1. The van der Waals surface area contributed by atoms with Gasteiger partial charge in [0.1, 0.15) is 5.76 Å².